The highest BCUT2D eigenvalue weighted by molar-refractivity contribution is 7.98. The van der Waals surface area contributed by atoms with E-state index in [1.54, 1.807) is 12.1 Å². The number of amides is 1. The zero-order valence-electron chi connectivity index (χ0n) is 38.6. The fraction of sp³-hybridized carbons (Fsp3) is 0.500. The lowest BCUT2D eigenvalue weighted by atomic mass is 9.59. The van der Waals surface area contributed by atoms with E-state index in [0.29, 0.717) is 75.8 Å². The molecule has 66 heavy (non-hydrogen) atoms. The largest absolute Gasteiger partial charge is 0.489 e. The van der Waals surface area contributed by atoms with Crippen LogP contribution in [0.1, 0.15) is 125 Å². The zero-order chi connectivity index (χ0) is 45.7. The van der Waals surface area contributed by atoms with Crippen LogP contribution in [0.4, 0.5) is 21.5 Å². The van der Waals surface area contributed by atoms with E-state index in [4.69, 9.17) is 19.9 Å². The first kappa shape index (κ1) is 44.6. The first-order valence-electron chi connectivity index (χ1n) is 24.1. The predicted octanol–water partition coefficient (Wildman–Crippen LogP) is 10.7. The molecule has 12 nitrogen and oxygen atoms in total. The maximum atomic E-state index is 14.9. The second kappa shape index (κ2) is 18.1. The van der Waals surface area contributed by atoms with E-state index >= 15 is 0 Å². The summed E-state index contributed by atoms with van der Waals surface area (Å²) in [6, 6.07) is 21.3. The van der Waals surface area contributed by atoms with Gasteiger partial charge in [-0.2, -0.15) is 4.98 Å². The van der Waals surface area contributed by atoms with Gasteiger partial charge in [0.25, 0.3) is 11.8 Å². The van der Waals surface area contributed by atoms with Crippen molar-refractivity contribution in [2.45, 2.75) is 126 Å². The zero-order valence-corrected chi connectivity index (χ0v) is 39.4. The monoisotopic (exact) mass is 917 g/mol. The standard InChI is InChI=1S/C52H64FN7O5S/c1-5-63-50-46(26-39-40(53)29-55-48(39)57-50)65-44-23-33(59-21-18-52(19-22-59)27-34(28-52)60-20-8-11-43(60)37-10-7-6-9-36(37)31(2)3)12-13-38(44)49(61)58-66-35-24-41(54)47-45(25-35)64-30-42(56-47)32-14-16-51(4,62)17-15-32/h6-7,9-10,12-13,23-26,29,31-32,34,42-43,56,62H,5,8,11,14-22,27-28,30,54H2,1-4H3,(H,55,57)(H,58,61)/t32-,42-,43?,51-/m1/s1. The van der Waals surface area contributed by atoms with E-state index in [0.717, 1.165) is 74.9 Å². The van der Waals surface area contributed by atoms with Gasteiger partial charge in [-0.1, -0.05) is 38.1 Å². The molecule has 2 aromatic heterocycles. The molecule has 350 valence electrons. The van der Waals surface area contributed by atoms with Gasteiger partial charge >= 0.3 is 0 Å². The summed E-state index contributed by atoms with van der Waals surface area (Å²) in [4.78, 5) is 27.5. The number of carbonyl (C=O) groups excluding carboxylic acids is 1. The highest BCUT2D eigenvalue weighted by atomic mass is 32.2. The average molecular weight is 918 g/mol. The van der Waals surface area contributed by atoms with E-state index in [-0.39, 0.29) is 29.0 Å². The number of nitrogens with one attached hydrogen (secondary N) is 3. The number of pyridine rings is 1. The average Bonchev–Trinajstić information content (AvgIpc) is 3.93. The quantitative estimate of drug-likeness (QED) is 0.0601. The number of H-pyrrole nitrogens is 1. The number of halogens is 1. The molecule has 5 aromatic rings. The highest BCUT2D eigenvalue weighted by Crippen LogP contribution is 2.54. The Bertz CT molecular complexity index is 2580. The van der Waals surface area contributed by atoms with Crippen molar-refractivity contribution >= 4 is 46.0 Å². The van der Waals surface area contributed by atoms with Crippen molar-refractivity contribution in [2.75, 3.05) is 48.8 Å². The third kappa shape index (κ3) is 8.88. The number of aliphatic hydroxyl groups is 1. The Morgan fingerprint density at radius 3 is 2.61 bits per heavy atom. The van der Waals surface area contributed by atoms with Crippen molar-refractivity contribution < 1.29 is 28.5 Å². The van der Waals surface area contributed by atoms with Crippen LogP contribution in [-0.2, 0) is 0 Å². The number of ether oxygens (including phenoxy) is 3. The molecule has 0 radical (unpaired) electrons. The summed E-state index contributed by atoms with van der Waals surface area (Å²) in [6.45, 7) is 12.2. The summed E-state index contributed by atoms with van der Waals surface area (Å²) in [5.41, 5.74) is 12.2. The summed E-state index contributed by atoms with van der Waals surface area (Å²) in [5.74, 6) is 1.40. The molecule has 2 atom stereocenters. The van der Waals surface area contributed by atoms with Crippen molar-refractivity contribution in [3.63, 3.8) is 0 Å². The molecule has 10 rings (SSSR count). The van der Waals surface area contributed by atoms with Crippen molar-refractivity contribution in [3.8, 4) is 23.1 Å². The molecule has 0 bridgehead atoms. The number of carbonyl (C=O) groups is 1. The molecule has 3 aliphatic heterocycles. The van der Waals surface area contributed by atoms with Gasteiger partial charge in [0.1, 0.15) is 35.3 Å². The van der Waals surface area contributed by atoms with Crippen molar-refractivity contribution in [2.24, 2.45) is 11.3 Å². The maximum absolute atomic E-state index is 14.9. The molecule has 14 heteroatoms. The van der Waals surface area contributed by atoms with Gasteiger partial charge in [0.15, 0.2) is 5.75 Å². The number of aromatic amines is 1. The minimum Gasteiger partial charge on any atom is -0.489 e. The third-order valence-corrected chi connectivity index (χ3v) is 16.1. The number of fused-ring (bicyclic) bond motifs is 2. The summed E-state index contributed by atoms with van der Waals surface area (Å²) >= 11 is 1.15. The van der Waals surface area contributed by atoms with E-state index < -0.39 is 11.4 Å². The molecule has 1 amide bonds. The van der Waals surface area contributed by atoms with Crippen LogP contribution in [0.5, 0.6) is 23.1 Å². The van der Waals surface area contributed by atoms with Gasteiger partial charge in [0.05, 0.1) is 34.9 Å². The second-order valence-corrected chi connectivity index (χ2v) is 21.0. The smallest absolute Gasteiger partial charge is 0.265 e. The summed E-state index contributed by atoms with van der Waals surface area (Å²) in [6.07, 6.45) is 11.8. The topological polar surface area (TPSA) is 150 Å². The highest BCUT2D eigenvalue weighted by Gasteiger charge is 2.50. The number of nitrogen functional groups attached to an aromatic ring is 1. The van der Waals surface area contributed by atoms with Gasteiger partial charge in [-0.05, 0) is 149 Å². The molecule has 3 aromatic carbocycles. The van der Waals surface area contributed by atoms with Crippen molar-refractivity contribution in [3.05, 3.63) is 89.4 Å². The maximum Gasteiger partial charge on any atom is 0.265 e. The van der Waals surface area contributed by atoms with Gasteiger partial charge in [0, 0.05) is 54.1 Å². The molecule has 6 N–H and O–H groups in total. The Labute approximate surface area is 391 Å². The van der Waals surface area contributed by atoms with Crippen LogP contribution in [0.3, 0.4) is 0 Å². The Hall–Kier alpha value is -5.18. The Morgan fingerprint density at radius 1 is 1.05 bits per heavy atom. The number of hydrogen-bond donors (Lipinski definition) is 5. The van der Waals surface area contributed by atoms with Crippen LogP contribution in [0.15, 0.2) is 71.8 Å². The molecule has 4 fully saturated rings. The number of anilines is 3. The van der Waals surface area contributed by atoms with E-state index in [1.165, 1.54) is 49.6 Å². The number of aromatic nitrogens is 2. The third-order valence-electron chi connectivity index (χ3n) is 15.3. The molecular weight excluding hydrogens is 854 g/mol. The van der Waals surface area contributed by atoms with Crippen LogP contribution in [-0.4, -0.2) is 76.4 Å². The van der Waals surface area contributed by atoms with Crippen LogP contribution < -0.4 is 34.9 Å². The summed E-state index contributed by atoms with van der Waals surface area (Å²) < 4.78 is 36.6. The molecule has 1 unspecified atom stereocenters. The molecule has 2 saturated carbocycles. The number of nitrogens with two attached hydrogens (primary N) is 1. The molecule has 5 aliphatic rings. The first-order chi connectivity index (χ1) is 31.9. The van der Waals surface area contributed by atoms with Gasteiger partial charge in [0.2, 0.25) is 0 Å². The van der Waals surface area contributed by atoms with Crippen LogP contribution in [0, 0.1) is 17.2 Å². The van der Waals surface area contributed by atoms with Crippen LogP contribution in [0.2, 0.25) is 0 Å². The minimum atomic E-state index is -0.606. The van der Waals surface area contributed by atoms with Crippen molar-refractivity contribution in [1.29, 1.82) is 0 Å². The van der Waals surface area contributed by atoms with Gasteiger partial charge < -0.3 is 40.3 Å². The number of piperidine rings is 1. The SMILES string of the molecule is CCOc1nc2[nH]cc(F)c2cc1Oc1cc(N2CCC3(CC2)CC(N2CCCC2c2ccccc2C(C)C)C3)ccc1C(=O)NSc1cc(N)c2c(c1)OC[C@H]([C@H]1CC[C@](C)(O)CC1)N2. The normalized spacial score (nSPS) is 24.2. The lowest BCUT2D eigenvalue weighted by Gasteiger charge is -2.56. The fourth-order valence-corrected chi connectivity index (χ4v) is 12.2. The molecule has 1 spiro atoms. The Morgan fingerprint density at radius 2 is 1.83 bits per heavy atom. The summed E-state index contributed by atoms with van der Waals surface area (Å²) in [5, 5.41) is 14.3. The lowest BCUT2D eigenvalue weighted by molar-refractivity contribution is -0.0227. The van der Waals surface area contributed by atoms with E-state index in [2.05, 4.69) is 67.9 Å². The number of rotatable bonds is 12. The molecule has 2 aliphatic carbocycles. The number of nitrogens with zero attached hydrogens (tertiary/aromatic N) is 3. The minimum absolute atomic E-state index is 0.103. The summed E-state index contributed by atoms with van der Waals surface area (Å²) in [7, 11) is 0. The van der Waals surface area contributed by atoms with Gasteiger partial charge in [-0.3, -0.25) is 14.4 Å². The molecule has 2 saturated heterocycles. The Kier molecular flexibility index (Phi) is 12.3. The van der Waals surface area contributed by atoms with Crippen LogP contribution in [0.25, 0.3) is 11.0 Å². The molecular formula is C52H64FN7O5S. The van der Waals surface area contributed by atoms with Gasteiger partial charge in [-0.25, -0.2) is 4.39 Å². The fourth-order valence-electron chi connectivity index (χ4n) is 11.5. The lowest BCUT2D eigenvalue weighted by Crippen LogP contribution is -2.54. The number of benzene rings is 3. The van der Waals surface area contributed by atoms with Crippen molar-refractivity contribution in [1.82, 2.24) is 19.6 Å². The van der Waals surface area contributed by atoms with Crippen LogP contribution >= 0.6 is 11.9 Å². The van der Waals surface area contributed by atoms with E-state index in [1.807, 2.05) is 38.1 Å². The molecule has 5 heterocycles. The first-order valence-corrected chi connectivity index (χ1v) is 24.9. The Balaban J connectivity index is 0.845. The predicted molar refractivity (Wildman–Crippen MR) is 260 cm³/mol. The van der Waals surface area contributed by atoms with Gasteiger partial charge in [-0.15, -0.1) is 0 Å². The number of likely N-dealkylation sites (tertiary alicyclic amines) is 1. The van der Waals surface area contributed by atoms with E-state index in [9.17, 15) is 14.3 Å². The second-order valence-electron chi connectivity index (χ2n) is 20.1. The number of hydrogen-bond acceptors (Lipinski definition) is 11.